The van der Waals surface area contributed by atoms with E-state index in [0.29, 0.717) is 23.5 Å². The number of anilines is 1. The number of aryl methyl sites for hydroxylation is 1. The van der Waals surface area contributed by atoms with Gasteiger partial charge in [-0.2, -0.15) is 0 Å². The molecule has 7 nitrogen and oxygen atoms in total. The van der Waals surface area contributed by atoms with Gasteiger partial charge in [0.15, 0.2) is 0 Å². The summed E-state index contributed by atoms with van der Waals surface area (Å²) in [7, 11) is 0. The van der Waals surface area contributed by atoms with Crippen LogP contribution in [0.2, 0.25) is 0 Å². The zero-order valence-corrected chi connectivity index (χ0v) is 23.4. The van der Waals surface area contributed by atoms with Gasteiger partial charge in [0, 0.05) is 17.3 Å². The Morgan fingerprint density at radius 3 is 2.71 bits per heavy atom. The molecular weight excluding hydrogens is 500 g/mol. The fourth-order valence-corrected chi connectivity index (χ4v) is 6.64. The summed E-state index contributed by atoms with van der Waals surface area (Å²) < 4.78 is 11.0. The molecule has 1 N–H and O–H groups in total. The first kappa shape index (κ1) is 27.9. The highest BCUT2D eigenvalue weighted by Gasteiger charge is 2.37. The topological polar surface area (TPSA) is 84.9 Å². The summed E-state index contributed by atoms with van der Waals surface area (Å²) in [6.45, 7) is 6.75. The second-order valence-electron chi connectivity index (χ2n) is 9.94. The van der Waals surface area contributed by atoms with Gasteiger partial charge in [0.05, 0.1) is 18.8 Å². The van der Waals surface area contributed by atoms with Gasteiger partial charge in [-0.1, -0.05) is 49.8 Å². The van der Waals surface area contributed by atoms with Crippen molar-refractivity contribution >= 4 is 40.4 Å². The molecule has 1 aromatic heterocycles. The number of thiophene rings is 1. The van der Waals surface area contributed by atoms with Gasteiger partial charge in [-0.05, 0) is 69.1 Å². The van der Waals surface area contributed by atoms with Crippen LogP contribution in [0.4, 0.5) is 9.80 Å². The molecule has 2 aliphatic rings. The second kappa shape index (κ2) is 13.1. The summed E-state index contributed by atoms with van der Waals surface area (Å²) in [5.74, 6) is -0.667. The summed E-state index contributed by atoms with van der Waals surface area (Å²) in [4.78, 5) is 42.0. The third kappa shape index (κ3) is 6.29. The van der Waals surface area contributed by atoms with Gasteiger partial charge in [0.2, 0.25) is 5.91 Å². The van der Waals surface area contributed by atoms with Crippen molar-refractivity contribution in [3.8, 4) is 0 Å². The zero-order valence-electron chi connectivity index (χ0n) is 22.6. The Balaban J connectivity index is 1.44. The number of fused-ring (bicyclic) bond motifs is 1. The number of amides is 2. The quantitative estimate of drug-likeness (QED) is 0.304. The Morgan fingerprint density at radius 2 is 1.92 bits per heavy atom. The lowest BCUT2D eigenvalue weighted by Gasteiger charge is -2.24. The smallest absolute Gasteiger partial charge is 0.410 e. The molecule has 2 amide bonds. The summed E-state index contributed by atoms with van der Waals surface area (Å²) in [6.07, 6.45) is 9.76. The lowest BCUT2D eigenvalue weighted by molar-refractivity contribution is -0.120. The van der Waals surface area contributed by atoms with E-state index in [9.17, 15) is 14.4 Å². The standard InChI is InChI=1S/C30H38N2O5S/c1-4-12-21-13-9-10-14-22(21)20(3)19-37-30(35)32-18-11-16-24(32)27(33)31-28-26(29(34)36-5-2)23-15-7-6-8-17-25(23)38-28/h4,9-10,12-14,20,24H,5-8,11,15-19H2,1-3H3,(H,31,33)/b12-4+/t20?,24-/m1/s1. The fourth-order valence-electron chi connectivity index (χ4n) is 5.36. The largest absolute Gasteiger partial charge is 0.462 e. The third-order valence-corrected chi connectivity index (χ3v) is 8.46. The van der Waals surface area contributed by atoms with Crippen molar-refractivity contribution in [3.63, 3.8) is 0 Å². The molecule has 0 saturated carbocycles. The monoisotopic (exact) mass is 538 g/mol. The van der Waals surface area contributed by atoms with Crippen molar-refractivity contribution in [1.29, 1.82) is 0 Å². The molecular formula is C30H38N2O5S. The number of benzene rings is 1. The highest BCUT2D eigenvalue weighted by Crippen LogP contribution is 2.38. The number of hydrogen-bond acceptors (Lipinski definition) is 6. The molecule has 204 valence electrons. The van der Waals surface area contributed by atoms with Crippen LogP contribution in [0.25, 0.3) is 6.08 Å². The summed E-state index contributed by atoms with van der Waals surface area (Å²) >= 11 is 1.47. The van der Waals surface area contributed by atoms with Crippen LogP contribution < -0.4 is 5.32 Å². The molecule has 1 aliphatic carbocycles. The molecule has 0 bridgehead atoms. The molecule has 2 atom stereocenters. The van der Waals surface area contributed by atoms with Gasteiger partial charge in [0.1, 0.15) is 11.0 Å². The van der Waals surface area contributed by atoms with E-state index < -0.39 is 18.1 Å². The number of ether oxygens (including phenoxy) is 2. The van der Waals surface area contributed by atoms with Crippen LogP contribution in [0, 0.1) is 0 Å². The highest BCUT2D eigenvalue weighted by atomic mass is 32.1. The maximum Gasteiger partial charge on any atom is 0.410 e. The van der Waals surface area contributed by atoms with Crippen molar-refractivity contribution in [2.75, 3.05) is 25.1 Å². The zero-order chi connectivity index (χ0) is 27.1. The highest BCUT2D eigenvalue weighted by molar-refractivity contribution is 7.17. The van der Waals surface area contributed by atoms with E-state index in [2.05, 4.69) is 5.32 Å². The van der Waals surface area contributed by atoms with E-state index in [1.807, 2.05) is 50.3 Å². The summed E-state index contributed by atoms with van der Waals surface area (Å²) in [6, 6.07) is 7.43. The van der Waals surface area contributed by atoms with Gasteiger partial charge in [-0.3, -0.25) is 9.69 Å². The molecule has 1 fully saturated rings. The minimum Gasteiger partial charge on any atom is -0.462 e. The normalized spacial score (nSPS) is 18.1. The molecule has 0 spiro atoms. The number of hydrogen-bond donors (Lipinski definition) is 1. The van der Waals surface area contributed by atoms with Crippen LogP contribution in [0.5, 0.6) is 0 Å². The number of carbonyl (C=O) groups excluding carboxylic acids is 3. The maximum absolute atomic E-state index is 13.4. The van der Waals surface area contributed by atoms with Crippen molar-refractivity contribution in [3.05, 3.63) is 57.5 Å². The third-order valence-electron chi connectivity index (χ3n) is 7.26. The number of carbonyl (C=O) groups is 3. The average molecular weight is 539 g/mol. The minimum absolute atomic E-state index is 0.00915. The molecule has 1 unspecified atom stereocenters. The van der Waals surface area contributed by atoms with Crippen molar-refractivity contribution < 1.29 is 23.9 Å². The Kier molecular flexibility index (Phi) is 9.61. The van der Waals surface area contributed by atoms with Gasteiger partial charge in [-0.15, -0.1) is 11.3 Å². The average Bonchev–Trinajstić information content (AvgIpc) is 3.46. The van der Waals surface area contributed by atoms with Crippen LogP contribution in [-0.2, 0) is 27.1 Å². The van der Waals surface area contributed by atoms with Gasteiger partial charge < -0.3 is 14.8 Å². The number of allylic oxidation sites excluding steroid dienone is 1. The Hall–Kier alpha value is -3.13. The number of likely N-dealkylation sites (tertiary alicyclic amines) is 1. The van der Waals surface area contributed by atoms with Crippen LogP contribution in [0.15, 0.2) is 30.3 Å². The van der Waals surface area contributed by atoms with Crippen molar-refractivity contribution in [2.24, 2.45) is 0 Å². The number of esters is 1. The number of rotatable bonds is 8. The molecule has 38 heavy (non-hydrogen) atoms. The lowest BCUT2D eigenvalue weighted by Crippen LogP contribution is -2.43. The van der Waals surface area contributed by atoms with Crippen molar-refractivity contribution in [2.45, 2.75) is 77.7 Å². The minimum atomic E-state index is -0.634. The molecule has 1 saturated heterocycles. The van der Waals surface area contributed by atoms with Gasteiger partial charge in [0.25, 0.3) is 0 Å². The van der Waals surface area contributed by atoms with E-state index in [0.717, 1.165) is 60.1 Å². The fraction of sp³-hybridized carbons (Fsp3) is 0.500. The first-order valence-corrected chi connectivity index (χ1v) is 14.5. The van der Waals surface area contributed by atoms with E-state index >= 15 is 0 Å². The van der Waals surface area contributed by atoms with E-state index in [-0.39, 0.29) is 25.0 Å². The predicted octanol–water partition coefficient (Wildman–Crippen LogP) is 6.57. The Labute approximate surface area is 229 Å². The van der Waals surface area contributed by atoms with Gasteiger partial charge in [-0.25, -0.2) is 9.59 Å². The molecule has 8 heteroatoms. The molecule has 1 aromatic carbocycles. The first-order valence-electron chi connectivity index (χ1n) is 13.7. The molecule has 2 heterocycles. The lowest BCUT2D eigenvalue weighted by atomic mass is 9.96. The number of nitrogens with one attached hydrogen (secondary N) is 1. The van der Waals surface area contributed by atoms with Crippen LogP contribution in [-0.4, -0.2) is 48.7 Å². The molecule has 0 radical (unpaired) electrons. The SMILES string of the molecule is C/C=C/c1ccccc1C(C)COC(=O)N1CCC[C@@H]1C(=O)Nc1sc2c(c1C(=O)OCC)CCCCC2. The van der Waals surface area contributed by atoms with Crippen LogP contribution >= 0.6 is 11.3 Å². The van der Waals surface area contributed by atoms with Crippen molar-refractivity contribution in [1.82, 2.24) is 4.90 Å². The first-order chi connectivity index (χ1) is 18.4. The van der Waals surface area contributed by atoms with E-state index in [1.54, 1.807) is 6.92 Å². The maximum atomic E-state index is 13.4. The van der Waals surface area contributed by atoms with E-state index in [1.165, 1.54) is 16.2 Å². The molecule has 4 rings (SSSR count). The Bertz CT molecular complexity index is 1190. The van der Waals surface area contributed by atoms with E-state index in [4.69, 9.17) is 9.47 Å². The number of nitrogens with zero attached hydrogens (tertiary/aromatic N) is 1. The summed E-state index contributed by atoms with van der Waals surface area (Å²) in [5.41, 5.74) is 3.71. The molecule has 1 aliphatic heterocycles. The van der Waals surface area contributed by atoms with Gasteiger partial charge >= 0.3 is 12.1 Å². The van der Waals surface area contributed by atoms with Crippen LogP contribution in [0.1, 0.15) is 90.7 Å². The summed E-state index contributed by atoms with van der Waals surface area (Å²) in [5, 5.41) is 3.53. The second-order valence-corrected chi connectivity index (χ2v) is 11.0. The Morgan fingerprint density at radius 1 is 1.13 bits per heavy atom. The molecule has 2 aromatic rings. The predicted molar refractivity (Wildman–Crippen MR) is 151 cm³/mol. The van der Waals surface area contributed by atoms with Crippen LogP contribution in [0.3, 0.4) is 0 Å².